The van der Waals surface area contributed by atoms with Gasteiger partial charge in [0.15, 0.2) is 0 Å². The fraction of sp³-hybridized carbons (Fsp3) is 0.333. The molecule has 60 valence electrons. The summed E-state index contributed by atoms with van der Waals surface area (Å²) in [6, 6.07) is 1.48. The van der Waals surface area contributed by atoms with Crippen molar-refractivity contribution in [3.63, 3.8) is 0 Å². The molecule has 11 heavy (non-hydrogen) atoms. The Morgan fingerprint density at radius 1 is 1.91 bits per heavy atom. The van der Waals surface area contributed by atoms with E-state index in [-0.39, 0.29) is 5.69 Å². The lowest BCUT2D eigenvalue weighted by atomic mass is 10.4. The molecular formula is C6H7BrN2O2. The number of carbonyl (C=O) groups is 1. The number of hydrogen-bond acceptors (Lipinski definition) is 2. The summed E-state index contributed by atoms with van der Waals surface area (Å²) in [6.07, 6.45) is 0. The molecule has 0 fully saturated rings. The molecule has 1 aromatic heterocycles. The van der Waals surface area contributed by atoms with Crippen molar-refractivity contribution in [2.75, 3.05) is 0 Å². The van der Waals surface area contributed by atoms with E-state index in [1.807, 2.05) is 6.92 Å². The summed E-state index contributed by atoms with van der Waals surface area (Å²) >= 11 is 3.10. The van der Waals surface area contributed by atoms with E-state index in [1.165, 1.54) is 10.7 Å². The number of aromatic nitrogens is 2. The van der Waals surface area contributed by atoms with Crippen molar-refractivity contribution in [3.8, 4) is 0 Å². The van der Waals surface area contributed by atoms with Crippen LogP contribution in [0.3, 0.4) is 0 Å². The number of halogens is 1. The molecule has 5 heteroatoms. The summed E-state index contributed by atoms with van der Waals surface area (Å²) in [5.74, 6) is -0.954. The Hall–Kier alpha value is -0.840. The lowest BCUT2D eigenvalue weighted by Crippen LogP contribution is -2.07. The Morgan fingerprint density at radius 3 is 2.91 bits per heavy atom. The van der Waals surface area contributed by atoms with E-state index < -0.39 is 5.97 Å². The second kappa shape index (κ2) is 3.04. The molecule has 0 radical (unpaired) electrons. The van der Waals surface area contributed by atoms with Gasteiger partial charge in [-0.05, 0) is 22.9 Å². The van der Waals surface area contributed by atoms with Gasteiger partial charge in [-0.1, -0.05) is 0 Å². The monoisotopic (exact) mass is 218 g/mol. The second-order valence-electron chi connectivity index (χ2n) is 1.97. The molecule has 0 spiro atoms. The molecular weight excluding hydrogens is 212 g/mol. The third-order valence-corrected chi connectivity index (χ3v) is 1.66. The predicted octanol–water partition coefficient (Wildman–Crippen LogP) is 1.36. The minimum absolute atomic E-state index is 0.208. The lowest BCUT2D eigenvalue weighted by molar-refractivity contribution is 0.0683. The Morgan fingerprint density at radius 2 is 2.55 bits per heavy atom. The van der Waals surface area contributed by atoms with Crippen LogP contribution in [0.5, 0.6) is 0 Å². The zero-order valence-electron chi connectivity index (χ0n) is 5.91. The van der Waals surface area contributed by atoms with Crippen LogP contribution in [0.1, 0.15) is 17.4 Å². The molecule has 0 bridgehead atoms. The largest absolute Gasteiger partial charge is 0.477 e. The summed E-state index contributed by atoms with van der Waals surface area (Å²) in [7, 11) is 0. The van der Waals surface area contributed by atoms with Gasteiger partial charge in [0.1, 0.15) is 10.3 Å². The maximum atomic E-state index is 10.5. The van der Waals surface area contributed by atoms with Crippen LogP contribution < -0.4 is 0 Å². The van der Waals surface area contributed by atoms with Gasteiger partial charge in [-0.2, -0.15) is 5.10 Å². The van der Waals surface area contributed by atoms with Crippen LogP contribution in [-0.4, -0.2) is 20.9 Å². The first kappa shape index (κ1) is 8.26. The third-order valence-electron chi connectivity index (χ3n) is 1.27. The minimum Gasteiger partial charge on any atom is -0.477 e. The number of carboxylic acid groups (broad SMARTS) is 1. The fourth-order valence-electron chi connectivity index (χ4n) is 0.799. The van der Waals surface area contributed by atoms with Crippen molar-refractivity contribution in [3.05, 3.63) is 16.4 Å². The van der Waals surface area contributed by atoms with E-state index >= 15 is 0 Å². The Bertz CT molecular complexity index is 282. The number of rotatable bonds is 2. The van der Waals surface area contributed by atoms with Crippen molar-refractivity contribution in [2.24, 2.45) is 0 Å². The van der Waals surface area contributed by atoms with E-state index in [9.17, 15) is 4.79 Å². The SMILES string of the molecule is CCn1nc(Br)cc1C(=O)O. The highest BCUT2D eigenvalue weighted by Crippen LogP contribution is 2.10. The molecule has 0 amide bonds. The molecule has 1 aromatic rings. The zero-order chi connectivity index (χ0) is 8.43. The molecule has 0 atom stereocenters. The molecule has 1 heterocycles. The number of hydrogen-bond donors (Lipinski definition) is 1. The molecule has 0 aliphatic rings. The smallest absolute Gasteiger partial charge is 0.354 e. The number of nitrogens with zero attached hydrogens (tertiary/aromatic N) is 2. The molecule has 1 rings (SSSR count). The molecule has 0 unspecified atom stereocenters. The van der Waals surface area contributed by atoms with Crippen molar-refractivity contribution in [1.29, 1.82) is 0 Å². The summed E-state index contributed by atoms with van der Waals surface area (Å²) in [6.45, 7) is 2.40. The van der Waals surface area contributed by atoms with Crippen LogP contribution in [0.4, 0.5) is 0 Å². The summed E-state index contributed by atoms with van der Waals surface area (Å²) in [5.41, 5.74) is 0.208. The van der Waals surface area contributed by atoms with Gasteiger partial charge in [-0.15, -0.1) is 0 Å². The normalized spacial score (nSPS) is 10.0. The van der Waals surface area contributed by atoms with Crippen molar-refractivity contribution in [1.82, 2.24) is 9.78 Å². The number of aromatic carboxylic acids is 1. The molecule has 1 N–H and O–H groups in total. The molecule has 0 saturated carbocycles. The van der Waals surface area contributed by atoms with Gasteiger partial charge in [0.25, 0.3) is 0 Å². The lowest BCUT2D eigenvalue weighted by Gasteiger charge is -1.96. The number of aryl methyl sites for hydroxylation is 1. The van der Waals surface area contributed by atoms with Crippen molar-refractivity contribution in [2.45, 2.75) is 13.5 Å². The molecule has 0 aromatic carbocycles. The average molecular weight is 219 g/mol. The van der Waals surface area contributed by atoms with E-state index in [2.05, 4.69) is 21.0 Å². The first-order valence-electron chi connectivity index (χ1n) is 3.11. The maximum absolute atomic E-state index is 10.5. The average Bonchev–Trinajstić information content (AvgIpc) is 2.30. The minimum atomic E-state index is -0.954. The van der Waals surface area contributed by atoms with E-state index in [0.29, 0.717) is 11.1 Å². The first-order valence-corrected chi connectivity index (χ1v) is 3.91. The van der Waals surface area contributed by atoms with Crippen molar-refractivity contribution < 1.29 is 9.90 Å². The highest BCUT2D eigenvalue weighted by Gasteiger charge is 2.10. The molecule has 4 nitrogen and oxygen atoms in total. The van der Waals surface area contributed by atoms with Crippen LogP contribution in [0.2, 0.25) is 0 Å². The third kappa shape index (κ3) is 1.59. The zero-order valence-corrected chi connectivity index (χ0v) is 7.50. The van der Waals surface area contributed by atoms with Crippen LogP contribution in [0.15, 0.2) is 10.7 Å². The maximum Gasteiger partial charge on any atom is 0.354 e. The van der Waals surface area contributed by atoms with E-state index in [4.69, 9.17) is 5.11 Å². The Balaban J connectivity index is 3.12. The van der Waals surface area contributed by atoms with Gasteiger partial charge in [0.05, 0.1) is 0 Å². The molecule has 0 aliphatic carbocycles. The van der Waals surface area contributed by atoms with Crippen LogP contribution in [-0.2, 0) is 6.54 Å². The quantitative estimate of drug-likeness (QED) is 0.816. The van der Waals surface area contributed by atoms with Gasteiger partial charge >= 0.3 is 5.97 Å². The summed E-state index contributed by atoms with van der Waals surface area (Å²) < 4.78 is 1.98. The summed E-state index contributed by atoms with van der Waals surface area (Å²) in [5, 5.41) is 12.5. The highest BCUT2D eigenvalue weighted by molar-refractivity contribution is 9.10. The van der Waals surface area contributed by atoms with Gasteiger partial charge in [-0.3, -0.25) is 4.68 Å². The van der Waals surface area contributed by atoms with E-state index in [1.54, 1.807) is 0 Å². The Labute approximate surface area is 72.0 Å². The van der Waals surface area contributed by atoms with Gasteiger partial charge in [0.2, 0.25) is 0 Å². The van der Waals surface area contributed by atoms with Crippen LogP contribution in [0.25, 0.3) is 0 Å². The fourth-order valence-corrected chi connectivity index (χ4v) is 1.21. The molecule has 0 aliphatic heterocycles. The molecule has 0 saturated heterocycles. The standard InChI is InChI=1S/C6H7BrN2O2/c1-2-9-4(6(10)11)3-5(7)8-9/h3H,2H2,1H3,(H,10,11). The first-order chi connectivity index (χ1) is 5.15. The van der Waals surface area contributed by atoms with E-state index in [0.717, 1.165) is 0 Å². The van der Waals surface area contributed by atoms with Gasteiger partial charge < -0.3 is 5.11 Å². The second-order valence-corrected chi connectivity index (χ2v) is 2.79. The number of carboxylic acids is 1. The van der Waals surface area contributed by atoms with Gasteiger partial charge in [-0.25, -0.2) is 4.79 Å². The van der Waals surface area contributed by atoms with Crippen LogP contribution >= 0.6 is 15.9 Å². The highest BCUT2D eigenvalue weighted by atomic mass is 79.9. The van der Waals surface area contributed by atoms with Gasteiger partial charge in [0, 0.05) is 12.6 Å². The predicted molar refractivity (Wildman–Crippen MR) is 42.6 cm³/mol. The summed E-state index contributed by atoms with van der Waals surface area (Å²) in [4.78, 5) is 10.5. The Kier molecular flexibility index (Phi) is 2.28. The van der Waals surface area contributed by atoms with Crippen LogP contribution in [0, 0.1) is 0 Å². The van der Waals surface area contributed by atoms with Crippen molar-refractivity contribution >= 4 is 21.9 Å². The topological polar surface area (TPSA) is 55.1 Å².